The van der Waals surface area contributed by atoms with Gasteiger partial charge in [0.2, 0.25) is 0 Å². The molecule has 0 radical (unpaired) electrons. The van der Waals surface area contributed by atoms with Crippen LogP contribution in [-0.4, -0.2) is 28.6 Å². The number of hydrogen-bond acceptors (Lipinski definition) is 6. The summed E-state index contributed by atoms with van der Waals surface area (Å²) in [4.78, 5) is 35.2. The van der Waals surface area contributed by atoms with E-state index in [4.69, 9.17) is 9.72 Å². The molecule has 43 heavy (non-hydrogen) atoms. The Morgan fingerprint density at radius 2 is 1.26 bits per heavy atom. The van der Waals surface area contributed by atoms with Crippen molar-refractivity contribution in [3.63, 3.8) is 0 Å². The summed E-state index contributed by atoms with van der Waals surface area (Å²) in [7, 11) is 1.57. The number of benzene rings is 6. The summed E-state index contributed by atoms with van der Waals surface area (Å²) in [6.45, 7) is 0. The lowest BCUT2D eigenvalue weighted by Gasteiger charge is -2.18. The summed E-state index contributed by atoms with van der Waals surface area (Å²) in [5.41, 5.74) is 4.77. The van der Waals surface area contributed by atoms with E-state index in [1.54, 1.807) is 49.6 Å². The van der Waals surface area contributed by atoms with Crippen LogP contribution in [0, 0.1) is 0 Å². The second-order valence-electron chi connectivity index (χ2n) is 10.4. The summed E-state index contributed by atoms with van der Waals surface area (Å²) in [5.74, 6) is 0.746. The molecule has 1 heterocycles. The van der Waals surface area contributed by atoms with Crippen molar-refractivity contribution in [3.05, 3.63) is 131 Å². The number of ether oxygens (including phenoxy) is 1. The van der Waals surface area contributed by atoms with E-state index in [2.05, 4.69) is 39.5 Å². The van der Waals surface area contributed by atoms with E-state index in [0.717, 1.165) is 38.1 Å². The minimum atomic E-state index is -0.248. The molecule has 7 heteroatoms. The summed E-state index contributed by atoms with van der Waals surface area (Å²) in [6.07, 6.45) is 0. The molecule has 0 fully saturated rings. The number of H-pyrrole nitrogens is 1. The van der Waals surface area contributed by atoms with Gasteiger partial charge in [0.05, 0.1) is 29.4 Å². The predicted molar refractivity (Wildman–Crippen MR) is 167 cm³/mol. The van der Waals surface area contributed by atoms with Crippen molar-refractivity contribution >= 4 is 55.5 Å². The molecule has 1 aliphatic carbocycles. The van der Waals surface area contributed by atoms with Crippen molar-refractivity contribution in [1.29, 1.82) is 0 Å². The van der Waals surface area contributed by atoms with Gasteiger partial charge in [-0.25, -0.2) is 4.98 Å². The van der Waals surface area contributed by atoms with Gasteiger partial charge in [-0.05, 0) is 35.0 Å². The van der Waals surface area contributed by atoms with E-state index < -0.39 is 0 Å². The minimum Gasteiger partial charge on any atom is -0.494 e. The third-order valence-electron chi connectivity index (χ3n) is 8.02. The Balaban J connectivity index is 1.24. The molecule has 7 aromatic rings. The number of aromatic nitrogens is 2. The zero-order chi connectivity index (χ0) is 29.1. The van der Waals surface area contributed by atoms with Crippen molar-refractivity contribution in [2.75, 3.05) is 7.11 Å². The van der Waals surface area contributed by atoms with Gasteiger partial charge in [0, 0.05) is 33.0 Å². The van der Waals surface area contributed by atoms with Gasteiger partial charge in [-0.1, -0.05) is 84.9 Å². The molecule has 0 atom stereocenters. The first kappa shape index (κ1) is 24.8. The van der Waals surface area contributed by atoms with Crippen LogP contribution in [0.4, 0.5) is 11.4 Å². The molecule has 1 N–H and O–H groups in total. The zero-order valence-corrected chi connectivity index (χ0v) is 23.0. The quantitative estimate of drug-likeness (QED) is 0.172. The normalized spacial score (nSPS) is 12.8. The van der Waals surface area contributed by atoms with Crippen LogP contribution in [0.15, 0.2) is 119 Å². The minimum absolute atomic E-state index is 0.202. The number of nitrogens with zero attached hydrogens (tertiary/aromatic N) is 3. The van der Waals surface area contributed by atoms with E-state index in [9.17, 15) is 9.59 Å². The molecule has 0 aliphatic heterocycles. The highest BCUT2D eigenvalue weighted by Crippen LogP contribution is 2.39. The number of nitrogens with one attached hydrogen (secondary N) is 1. The summed E-state index contributed by atoms with van der Waals surface area (Å²) < 4.78 is 5.59. The molecule has 204 valence electrons. The monoisotopic (exact) mass is 558 g/mol. The average Bonchev–Trinajstić information content (AvgIpc) is 3.52. The second-order valence-corrected chi connectivity index (χ2v) is 10.4. The van der Waals surface area contributed by atoms with E-state index in [0.29, 0.717) is 39.6 Å². The van der Waals surface area contributed by atoms with Crippen LogP contribution in [0.5, 0.6) is 5.75 Å². The smallest absolute Gasteiger partial charge is 0.196 e. The van der Waals surface area contributed by atoms with Gasteiger partial charge in [0.25, 0.3) is 0 Å². The van der Waals surface area contributed by atoms with Gasteiger partial charge in [-0.2, -0.15) is 0 Å². The average molecular weight is 559 g/mol. The van der Waals surface area contributed by atoms with Gasteiger partial charge in [0.1, 0.15) is 17.3 Å². The molecule has 0 spiro atoms. The molecule has 0 bridgehead atoms. The number of aromatic amines is 1. The summed E-state index contributed by atoms with van der Waals surface area (Å²) >= 11 is 0. The van der Waals surface area contributed by atoms with Gasteiger partial charge >= 0.3 is 0 Å². The fraction of sp³-hybridized carbons (Fsp3) is 0.0278. The lowest BCUT2D eigenvalue weighted by atomic mass is 9.83. The van der Waals surface area contributed by atoms with E-state index in [1.807, 2.05) is 42.5 Å². The second kappa shape index (κ2) is 9.56. The van der Waals surface area contributed by atoms with Crippen LogP contribution in [-0.2, 0) is 0 Å². The van der Waals surface area contributed by atoms with Crippen LogP contribution in [0.2, 0.25) is 0 Å². The lowest BCUT2D eigenvalue weighted by Crippen LogP contribution is -2.20. The molecule has 8 rings (SSSR count). The highest BCUT2D eigenvalue weighted by molar-refractivity contribution is 6.30. The number of ketones is 2. The number of methoxy groups -OCH3 is 1. The first-order valence-electron chi connectivity index (χ1n) is 13.8. The van der Waals surface area contributed by atoms with Crippen molar-refractivity contribution in [2.45, 2.75) is 0 Å². The third kappa shape index (κ3) is 3.79. The Bertz CT molecular complexity index is 2260. The first-order valence-corrected chi connectivity index (χ1v) is 13.8. The van der Waals surface area contributed by atoms with Crippen molar-refractivity contribution in [3.8, 4) is 17.1 Å². The molecule has 7 nitrogen and oxygen atoms in total. The maximum absolute atomic E-state index is 13.4. The topological polar surface area (TPSA) is 96.8 Å². The van der Waals surface area contributed by atoms with Crippen molar-refractivity contribution < 1.29 is 14.3 Å². The van der Waals surface area contributed by atoms with E-state index in [1.165, 1.54) is 0 Å². The third-order valence-corrected chi connectivity index (χ3v) is 8.02. The van der Waals surface area contributed by atoms with Crippen molar-refractivity contribution in [1.82, 2.24) is 9.97 Å². The van der Waals surface area contributed by atoms with Crippen LogP contribution < -0.4 is 4.74 Å². The molecule has 0 amide bonds. The molecular weight excluding hydrogens is 536 g/mol. The van der Waals surface area contributed by atoms with Gasteiger partial charge in [0.15, 0.2) is 11.6 Å². The molecular formula is C36H22N4O3. The Kier molecular flexibility index (Phi) is 5.52. The van der Waals surface area contributed by atoms with E-state index in [-0.39, 0.29) is 17.1 Å². The number of fused-ring (bicyclic) bond motifs is 8. The number of imidazole rings is 1. The standard InChI is InChI=1S/C36H22N4O3/c1-43-30-18-17-20(36-37-32-23-11-4-2-9-21(23)22-10-3-5-12-24(22)33(32)38-36)19-29(30)40-39-28-16-8-15-27-31(28)35(42)26-14-7-6-13-25(26)34(27)41/h2-19H,1H3,(H,37,38). The van der Waals surface area contributed by atoms with Crippen LogP contribution in [0.25, 0.3) is 44.0 Å². The Morgan fingerprint density at radius 1 is 0.628 bits per heavy atom. The fourth-order valence-electron chi connectivity index (χ4n) is 5.99. The van der Waals surface area contributed by atoms with E-state index >= 15 is 0 Å². The number of azo groups is 1. The first-order chi connectivity index (χ1) is 21.1. The lowest BCUT2D eigenvalue weighted by molar-refractivity contribution is 0.0979. The van der Waals surface area contributed by atoms with Gasteiger partial charge in [-0.3, -0.25) is 9.59 Å². The highest BCUT2D eigenvalue weighted by atomic mass is 16.5. The number of rotatable bonds is 4. The van der Waals surface area contributed by atoms with Gasteiger partial charge < -0.3 is 9.72 Å². The number of carbonyl (C=O) groups is 2. The van der Waals surface area contributed by atoms with Crippen LogP contribution >= 0.6 is 0 Å². The fourth-order valence-corrected chi connectivity index (χ4v) is 5.99. The Hall–Kier alpha value is -5.95. The zero-order valence-electron chi connectivity index (χ0n) is 23.0. The Labute approximate surface area is 245 Å². The molecule has 0 unspecified atom stereocenters. The molecule has 1 aliphatic rings. The Morgan fingerprint density at radius 3 is 2.02 bits per heavy atom. The van der Waals surface area contributed by atoms with Crippen molar-refractivity contribution in [2.24, 2.45) is 10.2 Å². The maximum Gasteiger partial charge on any atom is 0.196 e. The summed E-state index contributed by atoms with van der Waals surface area (Å²) in [5, 5.41) is 13.4. The molecule has 6 aromatic carbocycles. The SMILES string of the molecule is COc1ccc(-c2nc3c4ccccc4c4ccccc4c3[nH]2)cc1N=Nc1cccc2c1C(=O)c1ccccc1C2=O. The van der Waals surface area contributed by atoms with Gasteiger partial charge in [-0.15, -0.1) is 10.2 Å². The number of carbonyl (C=O) groups excluding carboxylic acids is 2. The largest absolute Gasteiger partial charge is 0.494 e. The molecule has 0 saturated heterocycles. The number of hydrogen-bond donors (Lipinski definition) is 1. The highest BCUT2D eigenvalue weighted by Gasteiger charge is 2.31. The predicted octanol–water partition coefficient (Wildman–Crippen LogP) is 8.74. The molecule has 0 saturated carbocycles. The van der Waals surface area contributed by atoms with Crippen LogP contribution in [0.1, 0.15) is 31.8 Å². The molecule has 1 aromatic heterocycles. The summed E-state index contributed by atoms with van der Waals surface area (Å²) in [6, 6.07) is 34.1. The maximum atomic E-state index is 13.4. The van der Waals surface area contributed by atoms with Crippen LogP contribution in [0.3, 0.4) is 0 Å².